The lowest BCUT2D eigenvalue weighted by atomic mass is 9.44. The molecular formula is C26H32O9. The fourth-order valence-corrected chi connectivity index (χ4v) is 7.87. The van der Waals surface area contributed by atoms with Crippen LogP contribution in [0.15, 0.2) is 23.3 Å². The Balaban J connectivity index is 1.83. The number of cyclic esters (lactones) is 2. The average molecular weight is 489 g/mol. The molecule has 2 aliphatic carbocycles. The summed E-state index contributed by atoms with van der Waals surface area (Å²) in [6.45, 7) is 11.8. The van der Waals surface area contributed by atoms with Crippen molar-refractivity contribution in [1.82, 2.24) is 0 Å². The number of esters is 4. The van der Waals surface area contributed by atoms with Gasteiger partial charge in [-0.2, -0.15) is 0 Å². The smallest absolute Gasteiger partial charge is 0.343 e. The summed E-state index contributed by atoms with van der Waals surface area (Å²) in [4.78, 5) is 51.1. The van der Waals surface area contributed by atoms with Crippen molar-refractivity contribution in [1.29, 1.82) is 0 Å². The van der Waals surface area contributed by atoms with E-state index in [1.165, 1.54) is 19.9 Å². The molecule has 3 aliphatic heterocycles. The SMILES string of the molecule is CC(=O)OC1C2=C(C)C3(C=CC(=O)OC3(C)C)CCC2(C)C2C(=O)OC(C)C3(O)C(=O)OC1(C)C23. The number of carbonyl (C=O) groups excluding carboxylic acids is 4. The molecule has 9 nitrogen and oxygen atoms in total. The van der Waals surface area contributed by atoms with E-state index in [4.69, 9.17) is 18.9 Å². The molecule has 35 heavy (non-hydrogen) atoms. The largest absolute Gasteiger partial charge is 0.459 e. The molecule has 1 N–H and O–H groups in total. The Morgan fingerprint density at radius 3 is 2.37 bits per heavy atom. The monoisotopic (exact) mass is 488 g/mol. The molecule has 0 amide bonds. The van der Waals surface area contributed by atoms with E-state index in [2.05, 4.69) is 0 Å². The van der Waals surface area contributed by atoms with Crippen LogP contribution in [0, 0.1) is 22.7 Å². The maximum atomic E-state index is 13.5. The standard InChI is InChI=1S/C26H32O9/c1-12-16-19(33-14(3)27)24(7)18-17(20(29)32-13(2)26(18,31)21(30)35-24)23(16,6)10-11-25(12)9-8-15(28)34-22(25,4)5/h8-9,13,17-19,31H,10-11H2,1-7H3. The van der Waals surface area contributed by atoms with Gasteiger partial charge in [-0.3, -0.25) is 9.59 Å². The van der Waals surface area contributed by atoms with Crippen LogP contribution in [0.4, 0.5) is 0 Å². The molecule has 0 aromatic rings. The Hall–Kier alpha value is -2.68. The molecule has 0 aromatic carbocycles. The molecule has 8 atom stereocenters. The summed E-state index contributed by atoms with van der Waals surface area (Å²) < 4.78 is 23.1. The second-order valence-electron chi connectivity index (χ2n) is 11.6. The van der Waals surface area contributed by atoms with Crippen molar-refractivity contribution in [3.63, 3.8) is 0 Å². The van der Waals surface area contributed by atoms with E-state index >= 15 is 0 Å². The number of ether oxygens (including phenoxy) is 4. The van der Waals surface area contributed by atoms with Gasteiger partial charge in [0.15, 0.2) is 11.7 Å². The normalized spacial score (nSPS) is 47.5. The predicted molar refractivity (Wildman–Crippen MR) is 119 cm³/mol. The fraction of sp³-hybridized carbons (Fsp3) is 0.692. The molecule has 1 saturated carbocycles. The van der Waals surface area contributed by atoms with Gasteiger partial charge in [0.2, 0.25) is 5.60 Å². The van der Waals surface area contributed by atoms with Crippen molar-refractivity contribution in [2.75, 3.05) is 0 Å². The molecular weight excluding hydrogens is 456 g/mol. The first-order valence-corrected chi connectivity index (χ1v) is 12.0. The van der Waals surface area contributed by atoms with E-state index in [0.717, 1.165) is 5.57 Å². The van der Waals surface area contributed by atoms with Crippen LogP contribution in [0.2, 0.25) is 0 Å². The Morgan fingerprint density at radius 2 is 1.77 bits per heavy atom. The van der Waals surface area contributed by atoms with Crippen molar-refractivity contribution in [2.24, 2.45) is 22.7 Å². The average Bonchev–Trinajstić information content (AvgIpc) is 2.93. The first kappa shape index (κ1) is 24.0. The van der Waals surface area contributed by atoms with Crippen molar-refractivity contribution >= 4 is 23.9 Å². The summed E-state index contributed by atoms with van der Waals surface area (Å²) in [5.41, 5.74) is -4.73. The summed E-state index contributed by atoms with van der Waals surface area (Å²) in [5, 5.41) is 11.6. The van der Waals surface area contributed by atoms with Gasteiger partial charge in [0.25, 0.3) is 0 Å². The van der Waals surface area contributed by atoms with Crippen LogP contribution >= 0.6 is 0 Å². The lowest BCUT2D eigenvalue weighted by molar-refractivity contribution is -0.229. The Bertz CT molecular complexity index is 1130. The lowest BCUT2D eigenvalue weighted by Crippen LogP contribution is -2.72. The number of fused-ring (bicyclic) bond motifs is 2. The summed E-state index contributed by atoms with van der Waals surface area (Å²) in [6.07, 6.45) is 2.02. The Morgan fingerprint density at radius 1 is 1.11 bits per heavy atom. The quantitative estimate of drug-likeness (QED) is 0.336. The van der Waals surface area contributed by atoms with E-state index in [0.29, 0.717) is 18.4 Å². The third-order valence-corrected chi connectivity index (χ3v) is 9.65. The van der Waals surface area contributed by atoms with Gasteiger partial charge in [-0.1, -0.05) is 18.6 Å². The third-order valence-electron chi connectivity index (χ3n) is 9.65. The molecule has 5 rings (SSSR count). The van der Waals surface area contributed by atoms with Crippen LogP contribution < -0.4 is 0 Å². The van der Waals surface area contributed by atoms with Gasteiger partial charge in [-0.25, -0.2) is 9.59 Å². The second kappa shape index (κ2) is 6.75. The van der Waals surface area contributed by atoms with E-state index < -0.39 is 75.6 Å². The molecule has 1 spiro atoms. The number of carbonyl (C=O) groups is 4. The Labute approximate surface area is 203 Å². The van der Waals surface area contributed by atoms with Crippen LogP contribution in [0.1, 0.15) is 61.3 Å². The van der Waals surface area contributed by atoms with Crippen LogP contribution in [0.5, 0.6) is 0 Å². The molecule has 5 aliphatic rings. The molecule has 2 saturated heterocycles. The molecule has 190 valence electrons. The summed E-state index contributed by atoms with van der Waals surface area (Å²) in [5.74, 6) is -4.34. The van der Waals surface area contributed by atoms with Crippen molar-refractivity contribution in [2.45, 2.75) is 90.3 Å². The van der Waals surface area contributed by atoms with Gasteiger partial charge in [0.05, 0.1) is 11.8 Å². The lowest BCUT2D eigenvalue weighted by Gasteiger charge is -2.62. The highest BCUT2D eigenvalue weighted by Crippen LogP contribution is 2.69. The van der Waals surface area contributed by atoms with Gasteiger partial charge in [-0.15, -0.1) is 0 Å². The highest BCUT2D eigenvalue weighted by Gasteiger charge is 2.80. The van der Waals surface area contributed by atoms with Gasteiger partial charge < -0.3 is 24.1 Å². The van der Waals surface area contributed by atoms with Crippen LogP contribution in [0.25, 0.3) is 0 Å². The van der Waals surface area contributed by atoms with Crippen LogP contribution in [-0.2, 0) is 38.1 Å². The molecule has 8 unspecified atom stereocenters. The van der Waals surface area contributed by atoms with E-state index in [1.54, 1.807) is 6.92 Å². The number of rotatable bonds is 1. The second-order valence-corrected chi connectivity index (χ2v) is 11.6. The Kier molecular flexibility index (Phi) is 4.63. The van der Waals surface area contributed by atoms with Crippen molar-refractivity contribution < 1.29 is 43.2 Å². The molecule has 0 radical (unpaired) electrons. The zero-order chi connectivity index (χ0) is 25.9. The molecule has 0 bridgehead atoms. The van der Waals surface area contributed by atoms with Crippen molar-refractivity contribution in [3.8, 4) is 0 Å². The minimum Gasteiger partial charge on any atom is -0.459 e. The predicted octanol–water partition coefficient (Wildman–Crippen LogP) is 2.15. The van der Waals surface area contributed by atoms with Crippen LogP contribution in [0.3, 0.4) is 0 Å². The van der Waals surface area contributed by atoms with Crippen LogP contribution in [-0.4, -0.2) is 58.0 Å². The topological polar surface area (TPSA) is 125 Å². The molecule has 3 heterocycles. The summed E-state index contributed by atoms with van der Waals surface area (Å²) >= 11 is 0. The van der Waals surface area contributed by atoms with Crippen molar-refractivity contribution in [3.05, 3.63) is 23.3 Å². The van der Waals surface area contributed by atoms with E-state index in [-0.39, 0.29) is 0 Å². The fourth-order valence-electron chi connectivity index (χ4n) is 7.87. The van der Waals surface area contributed by atoms with Gasteiger partial charge >= 0.3 is 23.9 Å². The zero-order valence-corrected chi connectivity index (χ0v) is 21.1. The summed E-state index contributed by atoms with van der Waals surface area (Å²) in [6, 6.07) is 0. The number of aliphatic hydroxyl groups is 1. The van der Waals surface area contributed by atoms with Gasteiger partial charge in [0, 0.05) is 23.8 Å². The first-order valence-electron chi connectivity index (χ1n) is 12.0. The van der Waals surface area contributed by atoms with E-state index in [9.17, 15) is 24.3 Å². The minimum absolute atomic E-state index is 0.438. The zero-order valence-electron chi connectivity index (χ0n) is 21.1. The minimum atomic E-state index is -2.07. The maximum absolute atomic E-state index is 13.5. The third kappa shape index (κ3) is 2.62. The van der Waals surface area contributed by atoms with Gasteiger partial charge in [-0.05, 0) is 53.0 Å². The highest BCUT2D eigenvalue weighted by molar-refractivity contribution is 5.90. The first-order chi connectivity index (χ1) is 16.1. The maximum Gasteiger partial charge on any atom is 0.343 e. The van der Waals surface area contributed by atoms with E-state index in [1.807, 2.05) is 33.8 Å². The highest BCUT2D eigenvalue weighted by atomic mass is 16.6. The van der Waals surface area contributed by atoms with Gasteiger partial charge in [0.1, 0.15) is 11.7 Å². The molecule has 0 aromatic heterocycles. The summed E-state index contributed by atoms with van der Waals surface area (Å²) in [7, 11) is 0. The molecule has 3 fully saturated rings. The molecule has 9 heteroatoms. The number of hydrogen-bond donors (Lipinski definition) is 1. The number of hydrogen-bond acceptors (Lipinski definition) is 9.